The summed E-state index contributed by atoms with van der Waals surface area (Å²) < 4.78 is 28.8. The van der Waals surface area contributed by atoms with Crippen molar-refractivity contribution in [1.82, 2.24) is 10.2 Å². The molecule has 218 valence electrons. The van der Waals surface area contributed by atoms with E-state index in [0.29, 0.717) is 11.4 Å². The molecule has 0 radical (unpaired) electrons. The molecule has 0 bridgehead atoms. The van der Waals surface area contributed by atoms with E-state index in [-0.39, 0.29) is 29.1 Å². The number of aryl methyl sites for hydroxylation is 1. The number of anilines is 1. The first-order valence-electron chi connectivity index (χ1n) is 14.2. The Morgan fingerprint density at radius 1 is 0.951 bits per heavy atom. The molecule has 1 aliphatic rings. The van der Waals surface area contributed by atoms with E-state index in [1.807, 2.05) is 38.1 Å². The molecule has 2 amide bonds. The molecule has 1 atom stereocenters. The molecular weight excluding hydrogens is 558 g/mol. The van der Waals surface area contributed by atoms with Gasteiger partial charge in [0.25, 0.3) is 10.0 Å². The maximum Gasteiger partial charge on any atom is 0.264 e. The van der Waals surface area contributed by atoms with Gasteiger partial charge >= 0.3 is 0 Å². The Labute approximate surface area is 248 Å². The Bertz CT molecular complexity index is 1440. The van der Waals surface area contributed by atoms with Gasteiger partial charge < -0.3 is 10.2 Å². The average molecular weight is 596 g/mol. The lowest BCUT2D eigenvalue weighted by atomic mass is 9.95. The van der Waals surface area contributed by atoms with Crippen LogP contribution in [0.3, 0.4) is 0 Å². The molecule has 0 heterocycles. The quantitative estimate of drug-likeness (QED) is 0.290. The molecular formula is C32H38ClN3O4S. The van der Waals surface area contributed by atoms with E-state index in [0.717, 1.165) is 47.5 Å². The zero-order valence-corrected chi connectivity index (χ0v) is 25.2. The van der Waals surface area contributed by atoms with Crippen molar-refractivity contribution in [2.24, 2.45) is 0 Å². The number of hydrogen-bond donors (Lipinski definition) is 1. The largest absolute Gasteiger partial charge is 0.352 e. The Hall–Kier alpha value is -3.36. The summed E-state index contributed by atoms with van der Waals surface area (Å²) in [6.45, 7) is 3.52. The Morgan fingerprint density at radius 2 is 1.66 bits per heavy atom. The van der Waals surface area contributed by atoms with Crippen LogP contribution in [-0.4, -0.2) is 43.8 Å². The molecule has 3 aromatic rings. The van der Waals surface area contributed by atoms with Crippen molar-refractivity contribution in [3.05, 3.63) is 95.0 Å². The molecule has 0 saturated heterocycles. The third-order valence-electron chi connectivity index (χ3n) is 7.48. The van der Waals surface area contributed by atoms with E-state index in [4.69, 9.17) is 11.6 Å². The van der Waals surface area contributed by atoms with Crippen molar-refractivity contribution in [2.45, 2.75) is 75.9 Å². The zero-order valence-electron chi connectivity index (χ0n) is 23.6. The normalized spacial score (nSPS) is 14.7. The molecule has 0 spiro atoms. The molecule has 3 aromatic carbocycles. The smallest absolute Gasteiger partial charge is 0.264 e. The van der Waals surface area contributed by atoms with Gasteiger partial charge in [0.2, 0.25) is 11.8 Å². The summed E-state index contributed by atoms with van der Waals surface area (Å²) >= 11 is 6.24. The number of carbonyl (C=O) groups excluding carboxylic acids is 2. The first kappa shape index (κ1) is 30.6. The lowest BCUT2D eigenvalue weighted by Crippen LogP contribution is -2.54. The monoisotopic (exact) mass is 595 g/mol. The number of rotatable bonds is 11. The van der Waals surface area contributed by atoms with Crippen LogP contribution in [0.2, 0.25) is 5.02 Å². The van der Waals surface area contributed by atoms with Crippen molar-refractivity contribution < 1.29 is 18.0 Å². The molecule has 1 fully saturated rings. The zero-order chi connectivity index (χ0) is 29.4. The minimum Gasteiger partial charge on any atom is -0.352 e. The Morgan fingerprint density at radius 3 is 2.32 bits per heavy atom. The van der Waals surface area contributed by atoms with Crippen LogP contribution in [0, 0.1) is 6.92 Å². The van der Waals surface area contributed by atoms with Gasteiger partial charge in [-0.2, -0.15) is 0 Å². The minimum atomic E-state index is -4.13. The number of benzene rings is 3. The number of sulfonamides is 1. The van der Waals surface area contributed by atoms with E-state index in [2.05, 4.69) is 5.32 Å². The van der Waals surface area contributed by atoms with Crippen LogP contribution >= 0.6 is 11.6 Å². The van der Waals surface area contributed by atoms with Gasteiger partial charge in [-0.3, -0.25) is 13.9 Å². The minimum absolute atomic E-state index is 0.0556. The van der Waals surface area contributed by atoms with Gasteiger partial charge in [0.05, 0.1) is 10.6 Å². The summed E-state index contributed by atoms with van der Waals surface area (Å²) in [7, 11) is -4.13. The lowest BCUT2D eigenvalue weighted by molar-refractivity contribution is -0.140. The molecule has 9 heteroatoms. The van der Waals surface area contributed by atoms with Gasteiger partial charge in [0.15, 0.2) is 0 Å². The van der Waals surface area contributed by atoms with Gasteiger partial charge in [0.1, 0.15) is 12.6 Å². The molecule has 1 N–H and O–H groups in total. The maximum absolute atomic E-state index is 14.2. The molecule has 1 aliphatic carbocycles. The van der Waals surface area contributed by atoms with E-state index in [1.165, 1.54) is 23.1 Å². The maximum atomic E-state index is 14.2. The molecule has 0 aromatic heterocycles. The van der Waals surface area contributed by atoms with Crippen molar-refractivity contribution >= 4 is 39.1 Å². The van der Waals surface area contributed by atoms with E-state index >= 15 is 0 Å². The summed E-state index contributed by atoms with van der Waals surface area (Å²) in [5, 5.41) is 3.51. The summed E-state index contributed by atoms with van der Waals surface area (Å²) in [4.78, 5) is 29.4. The fourth-order valence-electron chi connectivity index (χ4n) is 5.35. The standard InChI is InChI=1S/C32H38ClN3O4S/c1-3-30(32(38)34-27-15-6-4-7-16-27)35(22-25-13-10-12-24(2)20-25)31(37)23-36(28-17-11-14-26(33)21-28)41(39,40)29-18-8-5-9-19-29/h5,8-14,17-21,27,30H,3-4,6-7,15-16,22-23H2,1-2H3,(H,34,38)/t30-/m0/s1. The summed E-state index contributed by atoms with van der Waals surface area (Å²) in [5.74, 6) is -0.683. The average Bonchev–Trinajstić information content (AvgIpc) is 2.96. The fourth-order valence-corrected chi connectivity index (χ4v) is 6.96. The SMILES string of the molecule is CC[C@@H](C(=O)NC1CCCCC1)N(Cc1cccc(C)c1)C(=O)CN(c1cccc(Cl)c1)S(=O)(=O)c1ccccc1. The molecule has 7 nitrogen and oxygen atoms in total. The third kappa shape index (κ3) is 7.89. The number of nitrogens with zero attached hydrogens (tertiary/aromatic N) is 2. The van der Waals surface area contributed by atoms with Crippen LogP contribution in [0.15, 0.2) is 83.8 Å². The van der Waals surface area contributed by atoms with Crippen LogP contribution in [0.1, 0.15) is 56.6 Å². The Balaban J connectivity index is 1.70. The number of amides is 2. The summed E-state index contributed by atoms with van der Waals surface area (Å²) in [6.07, 6.45) is 5.53. The molecule has 41 heavy (non-hydrogen) atoms. The number of carbonyl (C=O) groups is 2. The first-order valence-corrected chi connectivity index (χ1v) is 16.0. The first-order chi connectivity index (χ1) is 19.7. The van der Waals surface area contributed by atoms with Crippen molar-refractivity contribution in [3.63, 3.8) is 0 Å². The van der Waals surface area contributed by atoms with Crippen LogP contribution in [0.4, 0.5) is 5.69 Å². The Kier molecular flexibility index (Phi) is 10.5. The third-order valence-corrected chi connectivity index (χ3v) is 9.50. The highest BCUT2D eigenvalue weighted by Gasteiger charge is 2.34. The highest BCUT2D eigenvalue weighted by molar-refractivity contribution is 7.92. The fraction of sp³-hybridized carbons (Fsp3) is 0.375. The highest BCUT2D eigenvalue weighted by atomic mass is 35.5. The van der Waals surface area contributed by atoms with Gasteiger partial charge in [-0.1, -0.05) is 91.9 Å². The van der Waals surface area contributed by atoms with Crippen molar-refractivity contribution in [3.8, 4) is 0 Å². The second-order valence-corrected chi connectivity index (χ2v) is 12.9. The molecule has 0 aliphatic heterocycles. The molecule has 0 unspecified atom stereocenters. The molecule has 4 rings (SSSR count). The van der Waals surface area contributed by atoms with Crippen molar-refractivity contribution in [2.75, 3.05) is 10.8 Å². The van der Waals surface area contributed by atoms with Gasteiger partial charge in [-0.25, -0.2) is 8.42 Å². The van der Waals surface area contributed by atoms with Crippen LogP contribution < -0.4 is 9.62 Å². The second kappa shape index (κ2) is 14.0. The second-order valence-electron chi connectivity index (χ2n) is 10.6. The van der Waals surface area contributed by atoms with Crippen LogP contribution in [-0.2, 0) is 26.2 Å². The number of nitrogens with one attached hydrogen (secondary N) is 1. The van der Waals surface area contributed by atoms with Crippen LogP contribution in [0.25, 0.3) is 0 Å². The predicted octanol–water partition coefficient (Wildman–Crippen LogP) is 6.10. The molecule has 1 saturated carbocycles. The number of hydrogen-bond acceptors (Lipinski definition) is 4. The van der Waals surface area contributed by atoms with Gasteiger partial charge in [-0.15, -0.1) is 0 Å². The van der Waals surface area contributed by atoms with Crippen molar-refractivity contribution in [1.29, 1.82) is 0 Å². The van der Waals surface area contributed by atoms with Gasteiger partial charge in [-0.05, 0) is 62.1 Å². The van der Waals surface area contributed by atoms with Gasteiger partial charge in [0, 0.05) is 17.6 Å². The van der Waals surface area contributed by atoms with Crippen LogP contribution in [0.5, 0.6) is 0 Å². The number of halogens is 1. The highest BCUT2D eigenvalue weighted by Crippen LogP contribution is 2.27. The van der Waals surface area contributed by atoms with E-state index < -0.39 is 28.5 Å². The predicted molar refractivity (Wildman–Crippen MR) is 163 cm³/mol. The summed E-state index contributed by atoms with van der Waals surface area (Å²) in [6, 6.07) is 21.5. The van der Waals surface area contributed by atoms with E-state index in [9.17, 15) is 18.0 Å². The lowest BCUT2D eigenvalue weighted by Gasteiger charge is -2.34. The van der Waals surface area contributed by atoms with E-state index in [1.54, 1.807) is 36.4 Å². The topological polar surface area (TPSA) is 86.8 Å². The summed E-state index contributed by atoms with van der Waals surface area (Å²) in [5.41, 5.74) is 2.16.